The number of hydrogen-bond donors (Lipinski definition) is 2. The fraction of sp³-hybridized carbons (Fsp3) is 0.455. The number of fused-ring (bicyclic) bond motifs is 1. The second-order valence-corrected chi connectivity index (χ2v) is 5.31. The van der Waals surface area contributed by atoms with Crippen LogP contribution < -0.4 is 10.6 Å². The van der Waals surface area contributed by atoms with E-state index in [9.17, 15) is 0 Å². The summed E-state index contributed by atoms with van der Waals surface area (Å²) in [5.74, 6) is 0. The fourth-order valence-corrected chi connectivity index (χ4v) is 2.00. The van der Waals surface area contributed by atoms with Gasteiger partial charge < -0.3 is 10.6 Å². The van der Waals surface area contributed by atoms with Gasteiger partial charge in [-0.3, -0.25) is 0 Å². The fourth-order valence-electron chi connectivity index (χ4n) is 1.59. The van der Waals surface area contributed by atoms with Crippen LogP contribution in [0.2, 0.25) is 0 Å². The molecule has 0 saturated heterocycles. The first-order valence-electron chi connectivity index (χ1n) is 4.84. The summed E-state index contributed by atoms with van der Waals surface area (Å²) in [5, 5.41) is 6.98. The monoisotopic (exact) mass is 254 g/mol. The number of benzene rings is 1. The first-order chi connectivity index (χ1) is 6.57. The van der Waals surface area contributed by atoms with Crippen LogP contribution in [0.5, 0.6) is 0 Å². The molecule has 0 saturated carbocycles. The summed E-state index contributed by atoms with van der Waals surface area (Å²) in [6, 6.07) is 6.36. The predicted molar refractivity (Wildman–Crippen MR) is 63.6 cm³/mol. The van der Waals surface area contributed by atoms with E-state index in [1.54, 1.807) is 0 Å². The summed E-state index contributed by atoms with van der Waals surface area (Å²) in [4.78, 5) is 0. The van der Waals surface area contributed by atoms with Gasteiger partial charge in [-0.15, -0.1) is 0 Å². The summed E-state index contributed by atoms with van der Waals surface area (Å²) < 4.78 is 1.14. The van der Waals surface area contributed by atoms with Crippen LogP contribution in [0.25, 0.3) is 0 Å². The van der Waals surface area contributed by atoms with Crippen molar-refractivity contribution in [2.75, 3.05) is 11.9 Å². The van der Waals surface area contributed by atoms with E-state index in [1.807, 2.05) is 0 Å². The van der Waals surface area contributed by atoms with Gasteiger partial charge in [-0.2, -0.15) is 0 Å². The highest BCUT2D eigenvalue weighted by Crippen LogP contribution is 2.24. The highest BCUT2D eigenvalue weighted by atomic mass is 79.9. The molecule has 1 heterocycles. The van der Waals surface area contributed by atoms with Crippen LogP contribution in [-0.2, 0) is 6.54 Å². The van der Waals surface area contributed by atoms with Crippen molar-refractivity contribution in [1.82, 2.24) is 5.32 Å². The lowest BCUT2D eigenvalue weighted by Gasteiger charge is -2.23. The van der Waals surface area contributed by atoms with E-state index < -0.39 is 0 Å². The Morgan fingerprint density at radius 3 is 2.93 bits per heavy atom. The minimum absolute atomic E-state index is 0.158. The van der Waals surface area contributed by atoms with Crippen molar-refractivity contribution in [3.8, 4) is 0 Å². The second-order valence-electron chi connectivity index (χ2n) is 4.39. The zero-order valence-corrected chi connectivity index (χ0v) is 10.1. The van der Waals surface area contributed by atoms with Crippen molar-refractivity contribution in [3.05, 3.63) is 28.2 Å². The van der Waals surface area contributed by atoms with Gasteiger partial charge in [-0.25, -0.2) is 0 Å². The molecular weight excluding hydrogens is 240 g/mol. The smallest absolute Gasteiger partial charge is 0.0387 e. The molecule has 2 rings (SSSR count). The van der Waals surface area contributed by atoms with Crippen LogP contribution in [0.15, 0.2) is 22.7 Å². The Labute approximate surface area is 93.2 Å². The van der Waals surface area contributed by atoms with Gasteiger partial charge in [0.05, 0.1) is 0 Å². The van der Waals surface area contributed by atoms with Crippen molar-refractivity contribution in [1.29, 1.82) is 0 Å². The van der Waals surface area contributed by atoms with Crippen LogP contribution in [0.3, 0.4) is 0 Å². The molecule has 0 radical (unpaired) electrons. The SMILES string of the molecule is CC1(C)CNc2ccc(Br)cc2CN1. The lowest BCUT2D eigenvalue weighted by Crippen LogP contribution is -2.42. The Kier molecular flexibility index (Phi) is 2.54. The molecule has 0 unspecified atom stereocenters. The first-order valence-corrected chi connectivity index (χ1v) is 5.63. The van der Waals surface area contributed by atoms with E-state index in [4.69, 9.17) is 0 Å². The average molecular weight is 255 g/mol. The molecule has 14 heavy (non-hydrogen) atoms. The van der Waals surface area contributed by atoms with E-state index in [-0.39, 0.29) is 5.54 Å². The summed E-state index contributed by atoms with van der Waals surface area (Å²) in [7, 11) is 0. The summed E-state index contributed by atoms with van der Waals surface area (Å²) in [6.45, 7) is 6.30. The molecule has 1 aromatic rings. The molecule has 0 aromatic heterocycles. The third-order valence-electron chi connectivity index (χ3n) is 2.55. The number of nitrogens with one attached hydrogen (secondary N) is 2. The van der Waals surface area contributed by atoms with Crippen molar-refractivity contribution >= 4 is 21.6 Å². The van der Waals surface area contributed by atoms with Crippen molar-refractivity contribution in [2.24, 2.45) is 0 Å². The Bertz CT molecular complexity index is 347. The highest BCUT2D eigenvalue weighted by Gasteiger charge is 2.20. The van der Waals surface area contributed by atoms with Gasteiger partial charge in [0, 0.05) is 28.8 Å². The zero-order chi connectivity index (χ0) is 10.2. The topological polar surface area (TPSA) is 24.1 Å². The number of rotatable bonds is 0. The van der Waals surface area contributed by atoms with Crippen LogP contribution in [-0.4, -0.2) is 12.1 Å². The maximum Gasteiger partial charge on any atom is 0.0387 e. The minimum atomic E-state index is 0.158. The van der Waals surface area contributed by atoms with Crippen molar-refractivity contribution in [2.45, 2.75) is 25.9 Å². The number of hydrogen-bond acceptors (Lipinski definition) is 2. The summed E-state index contributed by atoms with van der Waals surface area (Å²) >= 11 is 3.49. The Balaban J connectivity index is 2.30. The standard InChI is InChI=1S/C11H15BrN2/c1-11(2)7-13-10-4-3-9(12)5-8(10)6-14-11/h3-5,13-14H,6-7H2,1-2H3. The van der Waals surface area contributed by atoms with Crippen molar-refractivity contribution in [3.63, 3.8) is 0 Å². The van der Waals surface area contributed by atoms with Crippen molar-refractivity contribution < 1.29 is 0 Å². The van der Waals surface area contributed by atoms with Gasteiger partial charge in [-0.05, 0) is 37.6 Å². The average Bonchev–Trinajstić information content (AvgIpc) is 2.26. The molecular formula is C11H15BrN2. The third kappa shape index (κ3) is 2.10. The maximum absolute atomic E-state index is 3.52. The van der Waals surface area contributed by atoms with E-state index in [2.05, 4.69) is 58.6 Å². The summed E-state index contributed by atoms with van der Waals surface area (Å²) in [6.07, 6.45) is 0. The molecule has 1 aliphatic rings. The number of anilines is 1. The lowest BCUT2D eigenvalue weighted by molar-refractivity contribution is 0.414. The molecule has 0 fully saturated rings. The molecule has 0 spiro atoms. The van der Waals surface area contributed by atoms with E-state index in [0.717, 1.165) is 17.6 Å². The van der Waals surface area contributed by atoms with Crippen LogP contribution in [0, 0.1) is 0 Å². The summed E-state index contributed by atoms with van der Waals surface area (Å²) in [5.41, 5.74) is 2.72. The Morgan fingerprint density at radius 1 is 1.36 bits per heavy atom. The van der Waals surface area contributed by atoms with Crippen LogP contribution in [0.1, 0.15) is 19.4 Å². The maximum atomic E-state index is 3.52. The molecule has 0 bridgehead atoms. The van der Waals surface area contributed by atoms with Gasteiger partial charge >= 0.3 is 0 Å². The second kappa shape index (κ2) is 3.55. The molecule has 1 aliphatic heterocycles. The zero-order valence-electron chi connectivity index (χ0n) is 8.52. The third-order valence-corrected chi connectivity index (χ3v) is 3.04. The lowest BCUT2D eigenvalue weighted by atomic mass is 10.1. The first kappa shape index (κ1) is 9.99. The van der Waals surface area contributed by atoms with Gasteiger partial charge in [0.25, 0.3) is 0 Å². The molecule has 2 nitrogen and oxygen atoms in total. The number of halogens is 1. The van der Waals surface area contributed by atoms with Crippen LogP contribution in [0.4, 0.5) is 5.69 Å². The quantitative estimate of drug-likeness (QED) is 0.744. The highest BCUT2D eigenvalue weighted by molar-refractivity contribution is 9.10. The minimum Gasteiger partial charge on any atom is -0.383 e. The van der Waals surface area contributed by atoms with Gasteiger partial charge in [0.15, 0.2) is 0 Å². The normalized spacial score (nSPS) is 19.4. The molecule has 0 amide bonds. The van der Waals surface area contributed by atoms with E-state index in [0.29, 0.717) is 0 Å². The molecule has 76 valence electrons. The predicted octanol–water partition coefficient (Wildman–Crippen LogP) is 2.74. The van der Waals surface area contributed by atoms with Crippen LogP contribution >= 0.6 is 15.9 Å². The molecule has 1 aromatic carbocycles. The van der Waals surface area contributed by atoms with Gasteiger partial charge in [0.2, 0.25) is 0 Å². The Hall–Kier alpha value is -0.540. The molecule has 0 atom stereocenters. The molecule has 2 N–H and O–H groups in total. The Morgan fingerprint density at radius 2 is 2.14 bits per heavy atom. The largest absolute Gasteiger partial charge is 0.383 e. The van der Waals surface area contributed by atoms with E-state index in [1.165, 1.54) is 11.3 Å². The molecule has 3 heteroatoms. The molecule has 0 aliphatic carbocycles. The van der Waals surface area contributed by atoms with E-state index >= 15 is 0 Å². The van der Waals surface area contributed by atoms with Gasteiger partial charge in [0.1, 0.15) is 0 Å². The van der Waals surface area contributed by atoms with Gasteiger partial charge in [-0.1, -0.05) is 15.9 Å².